The second kappa shape index (κ2) is 19.3. The maximum absolute atomic E-state index is 9.89. The van der Waals surface area contributed by atoms with Crippen LogP contribution in [0, 0.1) is 80.2 Å². The molecule has 16 heteroatoms. The molecule has 0 aliphatic heterocycles. The molecule has 0 amide bonds. The average Bonchev–Trinajstić information content (AvgIpc) is 4.21. The number of hydrogen-bond donors (Lipinski definition) is 0. The SMILES string of the molecule is [C-]#[N+]c1ccc(-n2c3ccc(-c4nc(C)nc(C)n4)cc3c3cc(-c4nc(C)nc(C)n4)ccc32)cc1-c1cc(-c2ccc(C#N)cc2C)ccc1-n1c2ccc(-c3nc(C)nc(C)n3)cc2c2cc(-c3nc(C)nc(C)n3)ccc21. The Morgan fingerprint density at radius 3 is 1.11 bits per heavy atom. The van der Waals surface area contributed by atoms with E-state index in [0.717, 1.165) is 105 Å². The monoisotopic (exact) mass is 1050 g/mol. The minimum absolute atomic E-state index is 0.465. The third-order valence-electron chi connectivity index (χ3n) is 14.6. The van der Waals surface area contributed by atoms with Crippen LogP contribution in [0.4, 0.5) is 5.69 Å². The van der Waals surface area contributed by atoms with Gasteiger partial charge in [-0.3, -0.25) is 0 Å². The van der Waals surface area contributed by atoms with E-state index in [1.165, 1.54) is 0 Å². The molecule has 16 nitrogen and oxygen atoms in total. The van der Waals surface area contributed by atoms with Crippen molar-refractivity contribution in [2.45, 2.75) is 62.3 Å². The highest BCUT2D eigenvalue weighted by Crippen LogP contribution is 2.45. The minimum Gasteiger partial charge on any atom is -0.309 e. The number of nitriles is 1. The molecule has 0 saturated heterocycles. The zero-order valence-electron chi connectivity index (χ0n) is 45.8. The van der Waals surface area contributed by atoms with Gasteiger partial charge in [-0.05, 0) is 199 Å². The zero-order chi connectivity index (χ0) is 56.0. The largest absolute Gasteiger partial charge is 0.309 e. The predicted octanol–water partition coefficient (Wildman–Crippen LogP) is 13.8. The van der Waals surface area contributed by atoms with Crippen molar-refractivity contribution in [1.82, 2.24) is 68.9 Å². The van der Waals surface area contributed by atoms with Gasteiger partial charge in [-0.1, -0.05) is 18.2 Å². The Kier molecular flexibility index (Phi) is 11.8. The first-order valence-electron chi connectivity index (χ1n) is 26.3. The number of benzene rings is 7. The molecule has 0 radical (unpaired) electrons. The van der Waals surface area contributed by atoms with Gasteiger partial charge in [0.25, 0.3) is 0 Å². The summed E-state index contributed by atoms with van der Waals surface area (Å²) < 4.78 is 4.52. The normalized spacial score (nSPS) is 11.5. The Hall–Kier alpha value is -10.8. The summed E-state index contributed by atoms with van der Waals surface area (Å²) >= 11 is 0. The summed E-state index contributed by atoms with van der Waals surface area (Å²) in [5.41, 5.74) is 14.2. The summed E-state index contributed by atoms with van der Waals surface area (Å²) in [7, 11) is 0. The number of aryl methyl sites for hydroxylation is 9. The van der Waals surface area contributed by atoms with Gasteiger partial charge in [0.1, 0.15) is 46.6 Å². The molecule has 0 aliphatic carbocycles. The molecular weight excluding hydrogens is 1000 g/mol. The van der Waals surface area contributed by atoms with Gasteiger partial charge in [0.15, 0.2) is 29.0 Å². The van der Waals surface area contributed by atoms with Gasteiger partial charge >= 0.3 is 0 Å². The van der Waals surface area contributed by atoms with Crippen LogP contribution in [-0.2, 0) is 0 Å². The standard InChI is InChI=1S/C65H48N16/c1-33-25-42(32-66)11-18-49(33)43-12-20-59(81-60-23-15-46(64-76-38(6)70-39(7)77-64)29-54(60)55-30-47(16-24-61(55)81)65-78-40(8)71-41(9)79-65)51(26-43)50-31-48(17-19-56(50)67-10)80-57-21-13-44(62-72-34(2)68-35(3)73-62)27-52(57)53-28-45(14-22-58(53)80)63-74-36(4)69-37(5)75-63/h11-31H,1-9H3. The lowest BCUT2D eigenvalue weighted by Crippen LogP contribution is -2.01. The van der Waals surface area contributed by atoms with Crippen molar-refractivity contribution >= 4 is 49.3 Å². The summed E-state index contributed by atoms with van der Waals surface area (Å²) in [6.45, 7) is 25.8. The quantitative estimate of drug-likeness (QED) is 0.131. The van der Waals surface area contributed by atoms with Gasteiger partial charge in [0.05, 0.1) is 46.0 Å². The Labute approximate surface area is 465 Å². The summed E-state index contributed by atoms with van der Waals surface area (Å²) in [4.78, 5) is 60.1. The van der Waals surface area contributed by atoms with E-state index in [0.29, 0.717) is 81.1 Å². The maximum atomic E-state index is 9.89. The summed E-state index contributed by atoms with van der Waals surface area (Å²) in [6.07, 6.45) is 0. The minimum atomic E-state index is 0.465. The van der Waals surface area contributed by atoms with Crippen LogP contribution in [-0.4, -0.2) is 68.9 Å². The van der Waals surface area contributed by atoms with Crippen molar-refractivity contribution in [3.8, 4) is 85.2 Å². The van der Waals surface area contributed by atoms with Gasteiger partial charge in [-0.25, -0.2) is 64.7 Å². The molecule has 6 aromatic heterocycles. The molecule has 13 aromatic rings. The number of rotatable bonds is 8. The molecule has 0 atom stereocenters. The van der Waals surface area contributed by atoms with Crippen LogP contribution in [0.1, 0.15) is 57.7 Å². The van der Waals surface area contributed by atoms with Crippen LogP contribution in [0.5, 0.6) is 0 Å². The second-order valence-corrected chi connectivity index (χ2v) is 20.3. The zero-order valence-corrected chi connectivity index (χ0v) is 45.8. The van der Waals surface area contributed by atoms with E-state index in [1.807, 2.05) is 105 Å². The average molecular weight is 1050 g/mol. The Bertz CT molecular complexity index is 4620. The fraction of sp³-hybridized carbons (Fsp3) is 0.138. The number of nitrogens with zero attached hydrogens (tertiary/aromatic N) is 16. The van der Waals surface area contributed by atoms with E-state index in [4.69, 9.17) is 46.4 Å². The molecule has 0 aliphatic rings. The van der Waals surface area contributed by atoms with Crippen LogP contribution in [0.2, 0.25) is 0 Å². The van der Waals surface area contributed by atoms with E-state index in [1.54, 1.807) is 0 Å². The predicted molar refractivity (Wildman–Crippen MR) is 315 cm³/mol. The molecule has 0 N–H and O–H groups in total. The lowest BCUT2D eigenvalue weighted by Gasteiger charge is -2.19. The third-order valence-corrected chi connectivity index (χ3v) is 14.6. The van der Waals surface area contributed by atoms with Gasteiger partial charge in [0, 0.05) is 49.5 Å². The van der Waals surface area contributed by atoms with E-state index in [2.05, 4.69) is 125 Å². The van der Waals surface area contributed by atoms with Gasteiger partial charge < -0.3 is 9.13 Å². The highest BCUT2D eigenvalue weighted by molar-refractivity contribution is 6.13. The molecule has 7 aromatic carbocycles. The first-order valence-corrected chi connectivity index (χ1v) is 26.3. The van der Waals surface area contributed by atoms with Crippen molar-refractivity contribution in [2.75, 3.05) is 0 Å². The van der Waals surface area contributed by atoms with E-state index >= 15 is 0 Å². The van der Waals surface area contributed by atoms with Crippen LogP contribution < -0.4 is 0 Å². The summed E-state index contributed by atoms with van der Waals surface area (Å²) in [5, 5.41) is 13.7. The van der Waals surface area contributed by atoms with Crippen molar-refractivity contribution in [3.63, 3.8) is 0 Å². The summed E-state index contributed by atoms with van der Waals surface area (Å²) in [5.74, 6) is 7.40. The van der Waals surface area contributed by atoms with Crippen LogP contribution >= 0.6 is 0 Å². The van der Waals surface area contributed by atoms with Gasteiger partial charge in [-0.2, -0.15) is 5.26 Å². The van der Waals surface area contributed by atoms with Crippen molar-refractivity contribution in [3.05, 3.63) is 197 Å². The lowest BCUT2D eigenvalue weighted by atomic mass is 9.93. The number of hydrogen-bond acceptors (Lipinski definition) is 13. The van der Waals surface area contributed by atoms with Crippen molar-refractivity contribution in [2.24, 2.45) is 0 Å². The molecule has 6 heterocycles. The Morgan fingerprint density at radius 2 is 0.741 bits per heavy atom. The van der Waals surface area contributed by atoms with E-state index < -0.39 is 0 Å². The van der Waals surface area contributed by atoms with E-state index in [9.17, 15) is 5.26 Å². The number of fused-ring (bicyclic) bond motifs is 6. The maximum Gasteiger partial charge on any atom is 0.195 e. The topological polar surface area (TPSA) is 193 Å². The highest BCUT2D eigenvalue weighted by atomic mass is 15.1. The Balaban J connectivity index is 1.08. The molecule has 81 heavy (non-hydrogen) atoms. The highest BCUT2D eigenvalue weighted by Gasteiger charge is 2.24. The molecular formula is C65H48N16. The lowest BCUT2D eigenvalue weighted by molar-refractivity contribution is 0.928. The second-order valence-electron chi connectivity index (χ2n) is 20.3. The number of aromatic nitrogens is 14. The smallest absolute Gasteiger partial charge is 0.195 e. The molecule has 0 bridgehead atoms. The Morgan fingerprint density at radius 1 is 0.358 bits per heavy atom. The van der Waals surface area contributed by atoms with Gasteiger partial charge in [0.2, 0.25) is 0 Å². The van der Waals surface area contributed by atoms with Crippen LogP contribution in [0.15, 0.2) is 127 Å². The molecule has 13 rings (SSSR count). The molecule has 388 valence electrons. The fourth-order valence-electron chi connectivity index (χ4n) is 11.3. The van der Waals surface area contributed by atoms with E-state index in [-0.39, 0.29) is 0 Å². The van der Waals surface area contributed by atoms with Crippen LogP contribution in [0.25, 0.3) is 128 Å². The first kappa shape index (κ1) is 49.7. The van der Waals surface area contributed by atoms with Crippen LogP contribution in [0.3, 0.4) is 0 Å². The molecule has 0 unspecified atom stereocenters. The molecule has 0 fully saturated rings. The third kappa shape index (κ3) is 8.81. The van der Waals surface area contributed by atoms with Crippen molar-refractivity contribution in [1.29, 1.82) is 5.26 Å². The van der Waals surface area contributed by atoms with Gasteiger partial charge in [-0.15, -0.1) is 0 Å². The first-order chi connectivity index (χ1) is 39.2. The van der Waals surface area contributed by atoms with Crippen molar-refractivity contribution < 1.29 is 0 Å². The molecule has 0 spiro atoms. The summed E-state index contributed by atoms with van der Waals surface area (Å²) in [6, 6.07) is 45.7. The molecule has 0 saturated carbocycles. The fourth-order valence-corrected chi connectivity index (χ4v) is 11.3.